The number of ether oxygens (including phenoxy) is 3. The van der Waals surface area contributed by atoms with E-state index in [2.05, 4.69) is 74.6 Å². The molecule has 0 amide bonds. The number of allylic oxidation sites excluding steroid dienone is 10. The van der Waals surface area contributed by atoms with Crippen molar-refractivity contribution < 1.29 is 38.2 Å². The Morgan fingerprint density at radius 3 is 1.30 bits per heavy atom. The number of hydrogen-bond donors (Lipinski definition) is 1. The summed E-state index contributed by atoms with van der Waals surface area (Å²) in [5, 5.41) is 9.66. The van der Waals surface area contributed by atoms with Gasteiger partial charge in [-0.3, -0.25) is 9.59 Å². The number of carbonyl (C=O) groups is 3. The van der Waals surface area contributed by atoms with E-state index in [1.807, 2.05) is 21.1 Å². The lowest BCUT2D eigenvalue weighted by molar-refractivity contribution is -0.887. The standard InChI is InChI=1S/C56H99NO7/c1-6-8-10-12-14-16-18-20-22-24-26-28-30-32-34-36-38-40-42-44-46-54(58)63-51-52(50-62-49-48-53(56(60)61)57(3,4)5)64-55(59)47-45-43-41-39-37-35-33-31-29-27-25-23-21-19-17-15-13-11-9-7-2/h9,11,15,17,21,23,27,29,33,35,52-53H,6-8,10,12-14,16,18-20,22,24-26,28,30-32,34,36-51H2,1-5H3/p+1/b11-9+,17-15+,23-21+,29-27+,35-33+. The summed E-state index contributed by atoms with van der Waals surface area (Å²) in [4.78, 5) is 37.2. The van der Waals surface area contributed by atoms with E-state index >= 15 is 0 Å². The first-order valence-corrected chi connectivity index (χ1v) is 26.3. The monoisotopic (exact) mass is 899 g/mol. The third-order valence-electron chi connectivity index (χ3n) is 11.7. The van der Waals surface area contributed by atoms with Crippen LogP contribution in [-0.2, 0) is 28.6 Å². The molecule has 0 rings (SSSR count). The number of carboxylic acid groups (broad SMARTS) is 1. The van der Waals surface area contributed by atoms with Gasteiger partial charge in [0.2, 0.25) is 0 Å². The van der Waals surface area contributed by atoms with Gasteiger partial charge in [0, 0.05) is 19.3 Å². The topological polar surface area (TPSA) is 99.1 Å². The van der Waals surface area contributed by atoms with Crippen LogP contribution in [0.3, 0.4) is 0 Å². The van der Waals surface area contributed by atoms with E-state index < -0.39 is 18.1 Å². The van der Waals surface area contributed by atoms with Crippen LogP contribution in [0.4, 0.5) is 0 Å². The van der Waals surface area contributed by atoms with Gasteiger partial charge in [0.05, 0.1) is 34.4 Å². The maximum Gasteiger partial charge on any atom is 0.362 e. The lowest BCUT2D eigenvalue weighted by atomic mass is 10.0. The fourth-order valence-corrected chi connectivity index (χ4v) is 7.65. The van der Waals surface area contributed by atoms with Crippen molar-refractivity contribution in [3.8, 4) is 0 Å². The molecule has 0 aromatic carbocycles. The van der Waals surface area contributed by atoms with Gasteiger partial charge >= 0.3 is 17.9 Å². The highest BCUT2D eigenvalue weighted by atomic mass is 16.6. The molecule has 0 spiro atoms. The van der Waals surface area contributed by atoms with Gasteiger partial charge in [-0.1, -0.05) is 209 Å². The Hall–Kier alpha value is -2.97. The van der Waals surface area contributed by atoms with Crippen molar-refractivity contribution in [1.82, 2.24) is 0 Å². The minimum atomic E-state index is -0.879. The van der Waals surface area contributed by atoms with E-state index in [0.717, 1.165) is 83.5 Å². The van der Waals surface area contributed by atoms with Crippen LogP contribution in [0.2, 0.25) is 0 Å². The van der Waals surface area contributed by atoms with Crippen LogP contribution < -0.4 is 0 Å². The first-order valence-electron chi connectivity index (χ1n) is 26.3. The SMILES string of the molecule is CC/C=C/C/C=C/C/C=C/C/C=C/C/C=C/CCCCCCC(=O)OC(COCCC(C(=O)O)[N+](C)(C)C)COC(=O)CCCCCCCCCCCCCCCCCCCCCC. The molecule has 0 saturated heterocycles. The predicted octanol–water partition coefficient (Wildman–Crippen LogP) is 15.3. The molecule has 8 nitrogen and oxygen atoms in total. The Bertz CT molecular complexity index is 1230. The molecule has 0 bridgehead atoms. The molecule has 64 heavy (non-hydrogen) atoms. The number of unbranched alkanes of at least 4 members (excludes halogenated alkanes) is 23. The molecule has 0 radical (unpaired) electrons. The number of nitrogens with zero attached hydrogens (tertiary/aromatic N) is 1. The van der Waals surface area contributed by atoms with Crippen LogP contribution in [0.1, 0.15) is 226 Å². The third kappa shape index (κ3) is 44.2. The normalized spacial score (nSPS) is 13.3. The Morgan fingerprint density at radius 1 is 0.484 bits per heavy atom. The number of quaternary nitrogens is 1. The number of hydrogen-bond acceptors (Lipinski definition) is 6. The Balaban J connectivity index is 4.27. The van der Waals surface area contributed by atoms with Crippen LogP contribution in [-0.4, -0.2) is 80.6 Å². The summed E-state index contributed by atoms with van der Waals surface area (Å²) in [6, 6.07) is -0.621. The first kappa shape index (κ1) is 61.0. The molecule has 8 heteroatoms. The van der Waals surface area contributed by atoms with Crippen molar-refractivity contribution in [3.05, 3.63) is 60.8 Å². The van der Waals surface area contributed by atoms with Crippen LogP contribution in [0.25, 0.3) is 0 Å². The molecule has 0 fully saturated rings. The van der Waals surface area contributed by atoms with Gasteiger partial charge in [0.1, 0.15) is 6.61 Å². The average Bonchev–Trinajstić information content (AvgIpc) is 3.26. The zero-order chi connectivity index (χ0) is 47.0. The molecular formula is C56H100NO7+. The van der Waals surface area contributed by atoms with Crippen molar-refractivity contribution in [1.29, 1.82) is 0 Å². The smallest absolute Gasteiger partial charge is 0.362 e. The fraction of sp³-hybridized carbons (Fsp3) is 0.768. The van der Waals surface area contributed by atoms with Gasteiger partial charge in [-0.2, -0.15) is 0 Å². The second-order valence-electron chi connectivity index (χ2n) is 18.8. The number of carboxylic acids is 1. The highest BCUT2D eigenvalue weighted by Gasteiger charge is 2.31. The van der Waals surface area contributed by atoms with E-state index in [1.165, 1.54) is 109 Å². The number of aliphatic carboxylic acids is 1. The summed E-state index contributed by atoms with van der Waals surface area (Å²) in [6.45, 7) is 4.62. The second-order valence-corrected chi connectivity index (χ2v) is 18.8. The summed E-state index contributed by atoms with van der Waals surface area (Å²) in [7, 11) is 5.53. The molecule has 1 N–H and O–H groups in total. The van der Waals surface area contributed by atoms with Crippen LogP contribution in [0, 0.1) is 0 Å². The van der Waals surface area contributed by atoms with Crippen molar-refractivity contribution in [2.24, 2.45) is 0 Å². The number of esters is 2. The Morgan fingerprint density at radius 2 is 0.875 bits per heavy atom. The zero-order valence-corrected chi connectivity index (χ0v) is 42.2. The van der Waals surface area contributed by atoms with E-state index in [9.17, 15) is 19.5 Å². The molecule has 370 valence electrons. The van der Waals surface area contributed by atoms with Gasteiger partial charge in [0.25, 0.3) is 0 Å². The highest BCUT2D eigenvalue weighted by Crippen LogP contribution is 2.16. The molecular weight excluding hydrogens is 799 g/mol. The van der Waals surface area contributed by atoms with Gasteiger partial charge < -0.3 is 23.8 Å². The molecule has 0 aliphatic rings. The van der Waals surface area contributed by atoms with E-state index in [4.69, 9.17) is 14.2 Å². The van der Waals surface area contributed by atoms with E-state index in [1.54, 1.807) is 0 Å². The summed E-state index contributed by atoms with van der Waals surface area (Å²) in [5.41, 5.74) is 0. The van der Waals surface area contributed by atoms with Gasteiger partial charge in [-0.25, -0.2) is 4.79 Å². The second kappa shape index (κ2) is 46.6. The van der Waals surface area contributed by atoms with Crippen molar-refractivity contribution >= 4 is 17.9 Å². The maximum absolute atomic E-state index is 12.8. The van der Waals surface area contributed by atoms with E-state index in [-0.39, 0.29) is 36.2 Å². The maximum atomic E-state index is 12.8. The van der Waals surface area contributed by atoms with Gasteiger partial charge in [-0.05, 0) is 57.8 Å². The zero-order valence-electron chi connectivity index (χ0n) is 42.2. The molecule has 2 atom stereocenters. The minimum Gasteiger partial charge on any atom is -0.477 e. The van der Waals surface area contributed by atoms with Gasteiger partial charge in [0.15, 0.2) is 12.1 Å². The summed E-state index contributed by atoms with van der Waals surface area (Å²) in [6.07, 6.45) is 58.4. The largest absolute Gasteiger partial charge is 0.477 e. The van der Waals surface area contributed by atoms with E-state index in [0.29, 0.717) is 19.3 Å². The number of rotatable bonds is 47. The Labute approximate surface area is 394 Å². The molecule has 0 saturated carbocycles. The third-order valence-corrected chi connectivity index (χ3v) is 11.7. The van der Waals surface area contributed by atoms with Crippen molar-refractivity contribution in [2.45, 2.75) is 238 Å². The van der Waals surface area contributed by atoms with Crippen LogP contribution in [0.5, 0.6) is 0 Å². The minimum absolute atomic E-state index is 0.0507. The Kier molecular flexibility index (Phi) is 44.4. The lowest BCUT2D eigenvalue weighted by Gasteiger charge is -2.31. The molecule has 2 unspecified atom stereocenters. The summed E-state index contributed by atoms with van der Waals surface area (Å²) >= 11 is 0. The molecule has 0 aliphatic carbocycles. The molecule has 0 aromatic heterocycles. The molecule has 0 aliphatic heterocycles. The quantitative estimate of drug-likeness (QED) is 0.0281. The van der Waals surface area contributed by atoms with Crippen molar-refractivity contribution in [2.75, 3.05) is 41.0 Å². The van der Waals surface area contributed by atoms with Crippen LogP contribution in [0.15, 0.2) is 60.8 Å². The average molecular weight is 899 g/mol. The number of carbonyl (C=O) groups excluding carboxylic acids is 2. The molecule has 0 heterocycles. The van der Waals surface area contributed by atoms with Crippen LogP contribution >= 0.6 is 0 Å². The molecule has 0 aromatic rings. The lowest BCUT2D eigenvalue weighted by Crippen LogP contribution is -2.50. The van der Waals surface area contributed by atoms with Crippen molar-refractivity contribution in [3.63, 3.8) is 0 Å². The fourth-order valence-electron chi connectivity index (χ4n) is 7.65. The first-order chi connectivity index (χ1) is 31.1. The summed E-state index contributed by atoms with van der Waals surface area (Å²) in [5.74, 6) is -1.49. The predicted molar refractivity (Wildman–Crippen MR) is 271 cm³/mol. The number of likely N-dealkylation sites (N-methyl/N-ethyl adjacent to an activating group) is 1. The summed E-state index contributed by atoms with van der Waals surface area (Å²) < 4.78 is 17.3. The highest BCUT2D eigenvalue weighted by molar-refractivity contribution is 5.72. The van der Waals surface area contributed by atoms with Gasteiger partial charge in [-0.15, -0.1) is 0 Å².